The summed E-state index contributed by atoms with van der Waals surface area (Å²) in [5, 5.41) is 0.690. The first-order valence-electron chi connectivity index (χ1n) is 7.04. The Hall–Kier alpha value is -1.76. The minimum atomic E-state index is -0.605. The summed E-state index contributed by atoms with van der Waals surface area (Å²) in [4.78, 5) is 25.8. The van der Waals surface area contributed by atoms with Crippen molar-refractivity contribution in [2.24, 2.45) is 11.7 Å². The highest BCUT2D eigenvalue weighted by Gasteiger charge is 2.29. The van der Waals surface area contributed by atoms with Crippen LogP contribution in [0.1, 0.15) is 46.2 Å². The van der Waals surface area contributed by atoms with Gasteiger partial charge in [-0.3, -0.25) is 4.79 Å². The molecule has 21 heavy (non-hydrogen) atoms. The van der Waals surface area contributed by atoms with E-state index in [4.69, 9.17) is 16.2 Å². The normalized spacial score (nSPS) is 16.0. The summed E-state index contributed by atoms with van der Waals surface area (Å²) in [5.41, 5.74) is 11.7. The number of hydrogen-bond acceptors (Lipinski definition) is 6. The van der Waals surface area contributed by atoms with Crippen LogP contribution in [0.3, 0.4) is 0 Å². The number of anilines is 2. The number of carbonyl (C=O) groups excluding carboxylic acids is 2. The number of nitrogen functional groups attached to an aromatic ring is 1. The molecule has 0 saturated carbocycles. The third-order valence-electron chi connectivity index (χ3n) is 4.02. The van der Waals surface area contributed by atoms with Crippen molar-refractivity contribution in [2.75, 3.05) is 30.8 Å². The molecule has 1 aliphatic rings. The predicted molar refractivity (Wildman–Crippen MR) is 83.8 cm³/mol. The fraction of sp³-hybridized carbons (Fsp3) is 0.571. The van der Waals surface area contributed by atoms with Crippen molar-refractivity contribution < 1.29 is 14.3 Å². The van der Waals surface area contributed by atoms with Crippen LogP contribution in [0, 0.1) is 5.92 Å². The molecule has 6 nitrogen and oxygen atoms in total. The number of amides is 1. The van der Waals surface area contributed by atoms with Gasteiger partial charge in [-0.2, -0.15) is 0 Å². The van der Waals surface area contributed by atoms with Crippen LogP contribution in [0.25, 0.3) is 0 Å². The van der Waals surface area contributed by atoms with E-state index in [2.05, 4.69) is 11.8 Å². The molecule has 0 spiro atoms. The monoisotopic (exact) mass is 311 g/mol. The van der Waals surface area contributed by atoms with Crippen molar-refractivity contribution in [3.63, 3.8) is 0 Å². The molecule has 2 heterocycles. The number of rotatable bonds is 4. The second-order valence-corrected chi connectivity index (χ2v) is 6.22. The molecule has 116 valence electrons. The van der Waals surface area contributed by atoms with Gasteiger partial charge in [0.1, 0.15) is 9.88 Å². The first kappa shape index (κ1) is 15.6. The highest BCUT2D eigenvalue weighted by Crippen LogP contribution is 2.40. The van der Waals surface area contributed by atoms with E-state index in [1.807, 2.05) is 0 Å². The van der Waals surface area contributed by atoms with E-state index in [1.54, 1.807) is 0 Å². The van der Waals surface area contributed by atoms with E-state index < -0.39 is 11.9 Å². The maximum atomic E-state index is 11.7. The zero-order valence-electron chi connectivity index (χ0n) is 12.3. The Morgan fingerprint density at radius 2 is 2.00 bits per heavy atom. The zero-order chi connectivity index (χ0) is 15.6. The van der Waals surface area contributed by atoms with Crippen molar-refractivity contribution in [3.8, 4) is 0 Å². The largest absolute Gasteiger partial charge is 0.465 e. The Labute approximate surface area is 128 Å². The Bertz CT molecular complexity index is 548. The standard InChI is InChI=1S/C14H21N3O3S/c1-3-8-4-6-17(7-5-8)13-9(12(16)18)10(15)11(21-13)14(19)20-2/h8H,3-7,15H2,1-2H3,(H2,16,18). The summed E-state index contributed by atoms with van der Waals surface area (Å²) >= 11 is 1.19. The summed E-state index contributed by atoms with van der Waals surface area (Å²) < 4.78 is 4.71. The second-order valence-electron chi connectivity index (χ2n) is 5.22. The minimum absolute atomic E-state index is 0.131. The topological polar surface area (TPSA) is 98.7 Å². The second kappa shape index (κ2) is 6.34. The molecule has 7 heteroatoms. The minimum Gasteiger partial charge on any atom is -0.465 e. The quantitative estimate of drug-likeness (QED) is 0.827. The highest BCUT2D eigenvalue weighted by molar-refractivity contribution is 7.19. The van der Waals surface area contributed by atoms with Crippen molar-refractivity contribution in [2.45, 2.75) is 26.2 Å². The third kappa shape index (κ3) is 2.97. The number of thiophene rings is 1. The Kier molecular flexibility index (Phi) is 4.72. The van der Waals surface area contributed by atoms with Gasteiger partial charge in [-0.05, 0) is 18.8 Å². The number of carbonyl (C=O) groups is 2. The fourth-order valence-electron chi connectivity index (χ4n) is 2.68. The number of piperidine rings is 1. The number of nitrogens with two attached hydrogens (primary N) is 2. The van der Waals surface area contributed by atoms with E-state index in [9.17, 15) is 9.59 Å². The van der Waals surface area contributed by atoms with Crippen LogP contribution < -0.4 is 16.4 Å². The summed E-state index contributed by atoms with van der Waals surface area (Å²) in [6.45, 7) is 3.88. The van der Waals surface area contributed by atoms with Gasteiger partial charge in [-0.15, -0.1) is 11.3 Å². The molecule has 1 aromatic rings. The van der Waals surface area contributed by atoms with Gasteiger partial charge in [-0.1, -0.05) is 13.3 Å². The van der Waals surface area contributed by atoms with Crippen molar-refractivity contribution >= 4 is 33.9 Å². The zero-order valence-corrected chi connectivity index (χ0v) is 13.2. The van der Waals surface area contributed by atoms with E-state index in [0.29, 0.717) is 5.00 Å². The maximum absolute atomic E-state index is 11.7. The number of ether oxygens (including phenoxy) is 1. The molecule has 0 aromatic carbocycles. The smallest absolute Gasteiger partial charge is 0.350 e. The average Bonchev–Trinajstić information content (AvgIpc) is 2.84. The van der Waals surface area contributed by atoms with Crippen LogP contribution in [0.5, 0.6) is 0 Å². The number of nitrogens with zero attached hydrogens (tertiary/aromatic N) is 1. The molecule has 2 rings (SSSR count). The molecule has 1 aliphatic heterocycles. The van der Waals surface area contributed by atoms with Gasteiger partial charge in [0.15, 0.2) is 0 Å². The van der Waals surface area contributed by atoms with Crippen LogP contribution in [0.4, 0.5) is 10.7 Å². The van der Waals surface area contributed by atoms with Crippen LogP contribution >= 0.6 is 11.3 Å². The molecule has 0 aliphatic carbocycles. The molecule has 1 aromatic heterocycles. The molecular formula is C14H21N3O3S. The van der Waals surface area contributed by atoms with E-state index in [0.717, 1.165) is 38.3 Å². The van der Waals surface area contributed by atoms with Gasteiger partial charge >= 0.3 is 5.97 Å². The summed E-state index contributed by atoms with van der Waals surface area (Å²) in [5.74, 6) is -0.420. The van der Waals surface area contributed by atoms with Crippen molar-refractivity contribution in [1.29, 1.82) is 0 Å². The lowest BCUT2D eigenvalue weighted by Gasteiger charge is -2.32. The number of esters is 1. The molecule has 0 bridgehead atoms. The Morgan fingerprint density at radius 1 is 1.38 bits per heavy atom. The Balaban J connectivity index is 2.34. The van der Waals surface area contributed by atoms with Crippen LogP contribution in [0.2, 0.25) is 0 Å². The fourth-order valence-corrected chi connectivity index (χ4v) is 3.88. The number of hydrogen-bond donors (Lipinski definition) is 2. The predicted octanol–water partition coefficient (Wildman–Crippen LogP) is 1.84. The van der Waals surface area contributed by atoms with Crippen LogP contribution in [-0.2, 0) is 4.74 Å². The van der Waals surface area contributed by atoms with E-state index in [-0.39, 0.29) is 16.1 Å². The van der Waals surface area contributed by atoms with Gasteiger partial charge in [-0.25, -0.2) is 4.79 Å². The first-order valence-corrected chi connectivity index (χ1v) is 7.86. The lowest BCUT2D eigenvalue weighted by molar-refractivity contribution is 0.0607. The van der Waals surface area contributed by atoms with Gasteiger partial charge in [0, 0.05) is 13.1 Å². The van der Waals surface area contributed by atoms with E-state index in [1.165, 1.54) is 18.4 Å². The third-order valence-corrected chi connectivity index (χ3v) is 5.27. The summed E-state index contributed by atoms with van der Waals surface area (Å²) in [7, 11) is 1.29. The van der Waals surface area contributed by atoms with Gasteiger partial charge < -0.3 is 21.1 Å². The molecule has 0 radical (unpaired) electrons. The lowest BCUT2D eigenvalue weighted by Crippen LogP contribution is -2.34. The molecule has 4 N–H and O–H groups in total. The maximum Gasteiger partial charge on any atom is 0.350 e. The average molecular weight is 311 g/mol. The van der Waals surface area contributed by atoms with E-state index >= 15 is 0 Å². The van der Waals surface area contributed by atoms with Crippen molar-refractivity contribution in [1.82, 2.24) is 0 Å². The molecule has 0 unspecified atom stereocenters. The number of methoxy groups -OCH3 is 1. The molecule has 0 atom stereocenters. The lowest BCUT2D eigenvalue weighted by atomic mass is 9.94. The van der Waals surface area contributed by atoms with Crippen molar-refractivity contribution in [3.05, 3.63) is 10.4 Å². The molecule has 1 saturated heterocycles. The van der Waals surface area contributed by atoms with Gasteiger partial charge in [0.05, 0.1) is 18.4 Å². The molecule has 1 amide bonds. The van der Waals surface area contributed by atoms with Gasteiger partial charge in [0.25, 0.3) is 5.91 Å². The van der Waals surface area contributed by atoms with Gasteiger partial charge in [0.2, 0.25) is 0 Å². The molecular weight excluding hydrogens is 290 g/mol. The SMILES string of the molecule is CCC1CCN(c2sc(C(=O)OC)c(N)c2C(N)=O)CC1. The Morgan fingerprint density at radius 3 is 2.48 bits per heavy atom. The van der Waals surface area contributed by atoms with Crippen LogP contribution in [0.15, 0.2) is 0 Å². The van der Waals surface area contributed by atoms with Crippen LogP contribution in [-0.4, -0.2) is 32.1 Å². The summed E-state index contributed by atoms with van der Waals surface area (Å²) in [6, 6.07) is 0. The number of primary amides is 1. The molecule has 1 fully saturated rings. The summed E-state index contributed by atoms with van der Waals surface area (Å²) in [6.07, 6.45) is 3.30. The first-order chi connectivity index (χ1) is 9.99. The highest BCUT2D eigenvalue weighted by atomic mass is 32.1.